The molecule has 1 fully saturated rings. The van der Waals surface area contributed by atoms with Crippen molar-refractivity contribution < 1.29 is 22.4 Å². The summed E-state index contributed by atoms with van der Waals surface area (Å²) in [5, 5.41) is 7.92. The molecule has 0 amide bonds. The van der Waals surface area contributed by atoms with Crippen LogP contribution < -0.4 is 0 Å². The average molecular weight is 502 g/mol. The molecule has 0 radical (unpaired) electrons. The van der Waals surface area contributed by atoms with Crippen LogP contribution in [0.1, 0.15) is 11.1 Å². The predicted octanol–water partition coefficient (Wildman–Crippen LogP) is 4.34. The molecule has 1 aliphatic heterocycles. The molecule has 0 aliphatic carbocycles. The van der Waals surface area contributed by atoms with E-state index in [2.05, 4.69) is 10.1 Å². The third kappa shape index (κ3) is 4.06. The zero-order valence-corrected chi connectivity index (χ0v) is 20.0. The van der Waals surface area contributed by atoms with Gasteiger partial charge in [0.25, 0.3) is 10.1 Å². The molecule has 2 unspecified atom stereocenters. The van der Waals surface area contributed by atoms with E-state index in [1.54, 1.807) is 17.1 Å². The molecular formula is C27H23N3O5S. The van der Waals surface area contributed by atoms with Gasteiger partial charge >= 0.3 is 0 Å². The first-order valence-corrected chi connectivity index (χ1v) is 13.0. The first-order valence-electron chi connectivity index (χ1n) is 11.5. The maximum absolute atomic E-state index is 12.2. The number of hydrogen-bond donors (Lipinski definition) is 1. The molecule has 1 aromatic heterocycles. The molecule has 1 N–H and O–H groups in total. The number of ether oxygens (including phenoxy) is 2. The van der Waals surface area contributed by atoms with Crippen molar-refractivity contribution in [2.75, 3.05) is 6.61 Å². The Morgan fingerprint density at radius 1 is 0.944 bits per heavy atom. The van der Waals surface area contributed by atoms with Crippen LogP contribution in [-0.4, -0.2) is 40.4 Å². The zero-order chi connectivity index (χ0) is 24.8. The molecule has 0 spiro atoms. The van der Waals surface area contributed by atoms with Crippen molar-refractivity contribution in [3.05, 3.63) is 103 Å². The maximum Gasteiger partial charge on any atom is 0.294 e. The van der Waals surface area contributed by atoms with Gasteiger partial charge in [0.1, 0.15) is 19.2 Å². The molecule has 2 heterocycles. The van der Waals surface area contributed by atoms with E-state index < -0.39 is 22.0 Å². The van der Waals surface area contributed by atoms with Crippen molar-refractivity contribution in [3.63, 3.8) is 0 Å². The fraction of sp³-hybridized carbons (Fsp3) is 0.185. The van der Waals surface area contributed by atoms with Crippen molar-refractivity contribution >= 4 is 31.7 Å². The van der Waals surface area contributed by atoms with Crippen molar-refractivity contribution in [2.45, 2.75) is 29.8 Å². The van der Waals surface area contributed by atoms with Crippen LogP contribution in [0.15, 0.2) is 96.4 Å². The van der Waals surface area contributed by atoms with E-state index in [9.17, 15) is 13.0 Å². The lowest BCUT2D eigenvalue weighted by atomic mass is 9.97. The highest BCUT2D eigenvalue weighted by atomic mass is 32.2. The summed E-state index contributed by atoms with van der Waals surface area (Å²) < 4.78 is 49.2. The lowest BCUT2D eigenvalue weighted by molar-refractivity contribution is -0.187. The molecule has 5 aromatic rings. The number of nitrogens with zero attached hydrogens (tertiary/aromatic N) is 3. The van der Waals surface area contributed by atoms with Crippen LogP contribution in [0.2, 0.25) is 0 Å². The normalized spacial score (nSPS) is 20.3. The molecule has 1 saturated heterocycles. The Labute approximate surface area is 207 Å². The monoisotopic (exact) mass is 501 g/mol. The van der Waals surface area contributed by atoms with Crippen molar-refractivity contribution in [1.29, 1.82) is 0 Å². The first-order chi connectivity index (χ1) is 17.4. The van der Waals surface area contributed by atoms with Gasteiger partial charge in [-0.2, -0.15) is 13.5 Å². The van der Waals surface area contributed by atoms with Gasteiger partial charge in [-0.25, -0.2) is 9.67 Å². The largest absolute Gasteiger partial charge is 0.342 e. The van der Waals surface area contributed by atoms with E-state index in [0.717, 1.165) is 27.1 Å². The van der Waals surface area contributed by atoms with Gasteiger partial charge < -0.3 is 9.47 Å². The van der Waals surface area contributed by atoms with E-state index in [0.29, 0.717) is 5.56 Å². The van der Waals surface area contributed by atoms with Gasteiger partial charge in [-0.05, 0) is 33.2 Å². The number of fused-ring (bicyclic) bond motifs is 2. The summed E-state index contributed by atoms with van der Waals surface area (Å²) in [5.74, 6) is -1.16. The zero-order valence-electron chi connectivity index (χ0n) is 19.2. The fourth-order valence-corrected chi connectivity index (χ4v) is 5.80. The Hall–Kier alpha value is -3.63. The molecule has 9 heteroatoms. The van der Waals surface area contributed by atoms with Gasteiger partial charge in [0.05, 0.1) is 17.6 Å². The molecule has 36 heavy (non-hydrogen) atoms. The number of hydrogen-bond acceptors (Lipinski definition) is 6. The molecule has 4 aromatic carbocycles. The van der Waals surface area contributed by atoms with Crippen LogP contribution in [0.25, 0.3) is 21.5 Å². The summed E-state index contributed by atoms with van der Waals surface area (Å²) in [6.07, 6.45) is 2.82. The van der Waals surface area contributed by atoms with E-state index in [1.165, 1.54) is 12.4 Å². The van der Waals surface area contributed by atoms with Crippen LogP contribution in [-0.2, 0) is 38.3 Å². The average Bonchev–Trinajstić information content (AvgIpc) is 3.54. The van der Waals surface area contributed by atoms with Crippen molar-refractivity contribution in [3.8, 4) is 0 Å². The van der Waals surface area contributed by atoms with Crippen LogP contribution in [0, 0.1) is 0 Å². The molecule has 1 aliphatic rings. The molecule has 0 saturated carbocycles. The van der Waals surface area contributed by atoms with Gasteiger partial charge in [-0.1, -0.05) is 72.8 Å². The second-order valence-corrected chi connectivity index (χ2v) is 10.3. The molecule has 8 nitrogen and oxygen atoms in total. The molecule has 2 atom stereocenters. The Bertz CT molecular complexity index is 1660. The first kappa shape index (κ1) is 22.8. The lowest BCUT2D eigenvalue weighted by Crippen LogP contribution is -2.34. The topological polar surface area (TPSA) is 104 Å². The highest BCUT2D eigenvalue weighted by Crippen LogP contribution is 2.41. The van der Waals surface area contributed by atoms with Gasteiger partial charge in [-0.3, -0.25) is 4.55 Å². The number of benzene rings is 4. The Morgan fingerprint density at radius 2 is 1.67 bits per heavy atom. The minimum atomic E-state index is -4.44. The summed E-state index contributed by atoms with van der Waals surface area (Å²) in [6.45, 7) is 0.490. The molecule has 0 bridgehead atoms. The quantitative estimate of drug-likeness (QED) is 0.345. The summed E-state index contributed by atoms with van der Waals surface area (Å²) in [7, 11) is -4.44. The smallest absolute Gasteiger partial charge is 0.294 e. The molecule has 6 rings (SSSR count). The molecule has 182 valence electrons. The van der Waals surface area contributed by atoms with Crippen LogP contribution in [0.5, 0.6) is 0 Å². The third-order valence-electron chi connectivity index (χ3n) is 6.60. The van der Waals surface area contributed by atoms with Crippen molar-refractivity contribution in [2.24, 2.45) is 0 Å². The lowest BCUT2D eigenvalue weighted by Gasteiger charge is -2.29. The summed E-state index contributed by atoms with van der Waals surface area (Å²) in [6, 6.07) is 24.6. The predicted molar refractivity (Wildman–Crippen MR) is 134 cm³/mol. The second-order valence-electron chi connectivity index (χ2n) is 8.87. The number of rotatable bonds is 6. The summed E-state index contributed by atoms with van der Waals surface area (Å²) in [5.41, 5.74) is 1.35. The molecular weight excluding hydrogens is 478 g/mol. The second kappa shape index (κ2) is 8.79. The highest BCUT2D eigenvalue weighted by molar-refractivity contribution is 7.85. The van der Waals surface area contributed by atoms with Gasteiger partial charge in [0.15, 0.2) is 0 Å². The van der Waals surface area contributed by atoms with E-state index in [4.69, 9.17) is 9.47 Å². The highest BCUT2D eigenvalue weighted by Gasteiger charge is 2.45. The minimum Gasteiger partial charge on any atom is -0.342 e. The van der Waals surface area contributed by atoms with Gasteiger partial charge in [0.2, 0.25) is 5.79 Å². The standard InChI is InChI=1S/C27H23N3O5S/c31-36(32,33)26-13-12-20-7-1-3-9-22(20)24(26)14-21-15-34-27(35-21,16-30-18-28-17-29-30)25-11-5-8-19-6-2-4-10-23(19)25/h1-13,17-18,21H,14-16H2,(H,31,32,33). The van der Waals surface area contributed by atoms with E-state index in [1.807, 2.05) is 66.7 Å². The third-order valence-corrected chi connectivity index (χ3v) is 7.54. The summed E-state index contributed by atoms with van der Waals surface area (Å²) >= 11 is 0. The maximum atomic E-state index is 12.2. The van der Waals surface area contributed by atoms with E-state index in [-0.39, 0.29) is 24.5 Å². The van der Waals surface area contributed by atoms with Crippen LogP contribution in [0.3, 0.4) is 0 Å². The van der Waals surface area contributed by atoms with Crippen molar-refractivity contribution in [1.82, 2.24) is 14.8 Å². The summed E-state index contributed by atoms with van der Waals surface area (Å²) in [4.78, 5) is 3.94. The van der Waals surface area contributed by atoms with Gasteiger partial charge in [-0.15, -0.1) is 0 Å². The Balaban J connectivity index is 1.43. The SMILES string of the molecule is O=S(=O)(O)c1ccc2ccccc2c1CC1COC(Cn2cncn2)(c2cccc3ccccc23)O1. The fourth-order valence-electron chi connectivity index (χ4n) is 5.06. The Kier molecular flexibility index (Phi) is 5.57. The Morgan fingerprint density at radius 3 is 2.42 bits per heavy atom. The van der Waals surface area contributed by atoms with E-state index >= 15 is 0 Å². The van der Waals surface area contributed by atoms with Gasteiger partial charge in [0, 0.05) is 12.0 Å². The minimum absolute atomic E-state index is 0.122. The van der Waals surface area contributed by atoms with Crippen LogP contribution in [0.4, 0.5) is 0 Å². The van der Waals surface area contributed by atoms with Crippen LogP contribution >= 0.6 is 0 Å². The number of aromatic nitrogens is 3.